The summed E-state index contributed by atoms with van der Waals surface area (Å²) in [4.78, 5) is 0. The highest BCUT2D eigenvalue weighted by atomic mass is 32.2. The van der Waals surface area contributed by atoms with Gasteiger partial charge in [0, 0.05) is 5.75 Å². The van der Waals surface area contributed by atoms with Crippen LogP contribution < -0.4 is 5.32 Å². The summed E-state index contributed by atoms with van der Waals surface area (Å²) in [5, 5.41) is 16.3. The maximum atomic E-state index is 4.11. The van der Waals surface area contributed by atoms with Crippen molar-refractivity contribution in [1.29, 1.82) is 0 Å². The highest BCUT2D eigenvalue weighted by Gasteiger charge is 2.07. The van der Waals surface area contributed by atoms with E-state index in [1.807, 2.05) is 30.3 Å². The molecule has 0 aliphatic carbocycles. The molecule has 6 heteroatoms. The molecule has 3 aromatic rings. The number of thioether (sulfide) groups is 1. The van der Waals surface area contributed by atoms with E-state index in [0.717, 1.165) is 42.5 Å². The van der Waals surface area contributed by atoms with Gasteiger partial charge in [0.25, 0.3) is 0 Å². The van der Waals surface area contributed by atoms with Gasteiger partial charge in [0.2, 0.25) is 5.16 Å². The molecule has 0 unspecified atom stereocenters. The summed E-state index contributed by atoms with van der Waals surface area (Å²) >= 11 is 1.69. The quantitative estimate of drug-likeness (QED) is 0.480. The molecule has 0 aliphatic heterocycles. The van der Waals surface area contributed by atoms with E-state index in [9.17, 15) is 0 Å². The Hall–Kier alpha value is -2.18. The van der Waals surface area contributed by atoms with E-state index in [-0.39, 0.29) is 0 Å². The van der Waals surface area contributed by atoms with Crippen LogP contribution in [-0.2, 0) is 6.42 Å². The van der Waals surface area contributed by atoms with E-state index < -0.39 is 0 Å². The van der Waals surface area contributed by atoms with Crippen molar-refractivity contribution in [2.45, 2.75) is 18.0 Å². The summed E-state index contributed by atoms with van der Waals surface area (Å²) in [7, 11) is 0. The van der Waals surface area contributed by atoms with Crippen LogP contribution in [0.15, 0.2) is 65.8 Å². The van der Waals surface area contributed by atoms with Crippen molar-refractivity contribution in [2.24, 2.45) is 0 Å². The topological polar surface area (TPSA) is 55.6 Å². The molecule has 5 nitrogen and oxygen atoms in total. The zero-order chi connectivity index (χ0) is 16.5. The summed E-state index contributed by atoms with van der Waals surface area (Å²) in [6, 6.07) is 20.5. The molecule has 0 saturated heterocycles. The SMILES string of the molecule is c1ccc(CCNCCCSc2nnnn2-c2ccccc2)cc1. The van der Waals surface area contributed by atoms with E-state index in [1.54, 1.807) is 16.4 Å². The molecule has 0 bridgehead atoms. The Kier molecular flexibility index (Phi) is 6.39. The molecule has 1 N–H and O–H groups in total. The molecule has 0 amide bonds. The van der Waals surface area contributed by atoms with Crippen LogP contribution in [0.5, 0.6) is 0 Å². The van der Waals surface area contributed by atoms with Crippen molar-refractivity contribution in [1.82, 2.24) is 25.5 Å². The van der Waals surface area contributed by atoms with E-state index in [1.165, 1.54) is 5.56 Å². The zero-order valence-corrected chi connectivity index (χ0v) is 14.3. The average molecular weight is 339 g/mol. The molecule has 1 heterocycles. The number of hydrogen-bond donors (Lipinski definition) is 1. The smallest absolute Gasteiger partial charge is 0.214 e. The molecule has 0 spiro atoms. The fourth-order valence-electron chi connectivity index (χ4n) is 2.36. The van der Waals surface area contributed by atoms with Crippen LogP contribution in [0.25, 0.3) is 5.69 Å². The monoisotopic (exact) mass is 339 g/mol. The van der Waals surface area contributed by atoms with Gasteiger partial charge in [-0.2, -0.15) is 4.68 Å². The van der Waals surface area contributed by atoms with Crippen LogP contribution in [0, 0.1) is 0 Å². The minimum atomic E-state index is 0.838. The molecular weight excluding hydrogens is 318 g/mol. The molecule has 0 radical (unpaired) electrons. The van der Waals surface area contributed by atoms with Gasteiger partial charge in [-0.15, -0.1) is 5.10 Å². The largest absolute Gasteiger partial charge is 0.316 e. The fraction of sp³-hybridized carbons (Fsp3) is 0.278. The third-order valence-corrected chi connectivity index (χ3v) is 4.61. The predicted octanol–water partition coefficient (Wildman–Crippen LogP) is 2.98. The van der Waals surface area contributed by atoms with Crippen molar-refractivity contribution in [3.8, 4) is 5.69 Å². The maximum absolute atomic E-state index is 4.11. The number of para-hydroxylation sites is 1. The number of hydrogen-bond acceptors (Lipinski definition) is 5. The lowest BCUT2D eigenvalue weighted by atomic mass is 10.1. The first-order chi connectivity index (χ1) is 11.9. The van der Waals surface area contributed by atoms with E-state index >= 15 is 0 Å². The second kappa shape index (κ2) is 9.20. The van der Waals surface area contributed by atoms with Gasteiger partial charge >= 0.3 is 0 Å². The Morgan fingerprint density at radius 3 is 2.46 bits per heavy atom. The lowest BCUT2D eigenvalue weighted by molar-refractivity contribution is 0.673. The fourth-order valence-corrected chi connectivity index (χ4v) is 3.19. The molecule has 0 atom stereocenters. The lowest BCUT2D eigenvalue weighted by Gasteiger charge is -2.05. The molecule has 3 rings (SSSR count). The van der Waals surface area contributed by atoms with Gasteiger partial charge in [0.1, 0.15) is 0 Å². The second-order valence-corrected chi connectivity index (χ2v) is 6.46. The summed E-state index contributed by atoms with van der Waals surface area (Å²) in [6.07, 6.45) is 2.15. The van der Waals surface area contributed by atoms with Crippen LogP contribution in [0.4, 0.5) is 0 Å². The van der Waals surface area contributed by atoms with Crippen LogP contribution in [0.1, 0.15) is 12.0 Å². The van der Waals surface area contributed by atoms with Gasteiger partial charge in [-0.05, 0) is 54.1 Å². The number of rotatable bonds is 9. The van der Waals surface area contributed by atoms with Gasteiger partial charge in [-0.1, -0.05) is 60.3 Å². The average Bonchev–Trinajstić information content (AvgIpc) is 3.11. The van der Waals surface area contributed by atoms with Crippen molar-refractivity contribution >= 4 is 11.8 Å². The Morgan fingerprint density at radius 2 is 1.67 bits per heavy atom. The standard InChI is InChI=1S/C18H21N5S/c1-3-8-16(9-4-1)12-14-19-13-7-15-24-18-20-21-22-23(18)17-10-5-2-6-11-17/h1-6,8-11,19H,7,12-15H2. The van der Waals surface area contributed by atoms with Crippen LogP contribution in [0.2, 0.25) is 0 Å². The van der Waals surface area contributed by atoms with E-state index in [2.05, 4.69) is 51.2 Å². The molecule has 0 saturated carbocycles. The molecule has 0 aliphatic rings. The first-order valence-corrected chi connectivity index (χ1v) is 9.13. The summed E-state index contributed by atoms with van der Waals surface area (Å²) in [6.45, 7) is 2.02. The molecule has 0 fully saturated rings. The first kappa shape index (κ1) is 16.7. The van der Waals surface area contributed by atoms with E-state index in [0.29, 0.717) is 0 Å². The molecule has 24 heavy (non-hydrogen) atoms. The minimum absolute atomic E-state index is 0.838. The normalized spacial score (nSPS) is 10.8. The highest BCUT2D eigenvalue weighted by Crippen LogP contribution is 2.18. The summed E-state index contributed by atoms with van der Waals surface area (Å²) < 4.78 is 1.79. The van der Waals surface area contributed by atoms with Crippen molar-refractivity contribution in [3.63, 3.8) is 0 Å². The van der Waals surface area contributed by atoms with Crippen LogP contribution in [-0.4, -0.2) is 39.0 Å². The van der Waals surface area contributed by atoms with Gasteiger partial charge in [-0.3, -0.25) is 0 Å². The highest BCUT2D eigenvalue weighted by molar-refractivity contribution is 7.99. The van der Waals surface area contributed by atoms with Crippen molar-refractivity contribution < 1.29 is 0 Å². The first-order valence-electron chi connectivity index (χ1n) is 8.15. The number of benzene rings is 2. The maximum Gasteiger partial charge on any atom is 0.214 e. The molecule has 1 aromatic heterocycles. The number of aromatic nitrogens is 4. The van der Waals surface area contributed by atoms with Gasteiger partial charge in [0.05, 0.1) is 5.69 Å². The lowest BCUT2D eigenvalue weighted by Crippen LogP contribution is -2.19. The number of nitrogens with one attached hydrogen (secondary N) is 1. The molecule has 124 valence electrons. The van der Waals surface area contributed by atoms with Gasteiger partial charge in [0.15, 0.2) is 0 Å². The van der Waals surface area contributed by atoms with Gasteiger partial charge in [-0.25, -0.2) is 0 Å². The molecular formula is C18H21N5S. The predicted molar refractivity (Wildman–Crippen MR) is 97.5 cm³/mol. The number of nitrogens with zero attached hydrogens (tertiary/aromatic N) is 4. The zero-order valence-electron chi connectivity index (χ0n) is 13.5. The minimum Gasteiger partial charge on any atom is -0.316 e. The molecule has 2 aromatic carbocycles. The Balaban J connectivity index is 1.35. The second-order valence-electron chi connectivity index (χ2n) is 5.40. The Labute approximate surface area is 146 Å². The van der Waals surface area contributed by atoms with Crippen molar-refractivity contribution in [3.05, 3.63) is 66.2 Å². The van der Waals surface area contributed by atoms with Crippen molar-refractivity contribution in [2.75, 3.05) is 18.8 Å². The number of tetrazole rings is 1. The third-order valence-electron chi connectivity index (χ3n) is 3.60. The van der Waals surface area contributed by atoms with Crippen LogP contribution in [0.3, 0.4) is 0 Å². The van der Waals surface area contributed by atoms with Crippen LogP contribution >= 0.6 is 11.8 Å². The Bertz CT molecular complexity index is 715. The van der Waals surface area contributed by atoms with Gasteiger partial charge < -0.3 is 5.32 Å². The summed E-state index contributed by atoms with van der Waals surface area (Å²) in [5.74, 6) is 0.992. The Morgan fingerprint density at radius 1 is 0.917 bits per heavy atom. The third kappa shape index (κ3) is 4.91. The summed E-state index contributed by atoms with van der Waals surface area (Å²) in [5.41, 5.74) is 2.37. The van der Waals surface area contributed by atoms with E-state index in [4.69, 9.17) is 0 Å².